The normalized spacial score (nSPS) is 26.5. The van der Waals surface area contributed by atoms with Crippen molar-refractivity contribution in [2.75, 3.05) is 19.8 Å². The molecular formula is C53H98N2O16. The van der Waals surface area contributed by atoms with Gasteiger partial charge < -0.3 is 75.5 Å². The van der Waals surface area contributed by atoms with E-state index in [-0.39, 0.29) is 12.3 Å². The lowest BCUT2D eigenvalue weighted by Gasteiger charge is -2.50. The number of ether oxygens (including phenoxy) is 4. The Morgan fingerprint density at radius 3 is 1.68 bits per heavy atom. The minimum atomic E-state index is -2.96. The monoisotopic (exact) mass is 1020 g/mol. The predicted molar refractivity (Wildman–Crippen MR) is 269 cm³/mol. The van der Waals surface area contributed by atoms with Crippen molar-refractivity contribution < 1.29 is 79.3 Å². The number of aliphatic hydroxyl groups is 8. The molecule has 2 saturated heterocycles. The van der Waals surface area contributed by atoms with Crippen molar-refractivity contribution in [2.24, 2.45) is 0 Å². The average Bonchev–Trinajstić information content (AvgIpc) is 3.34. The van der Waals surface area contributed by atoms with Crippen LogP contribution in [0, 0.1) is 0 Å². The average molecular weight is 1020 g/mol. The Morgan fingerprint density at radius 2 is 1.21 bits per heavy atom. The van der Waals surface area contributed by atoms with E-state index in [4.69, 9.17) is 18.9 Å². The first-order chi connectivity index (χ1) is 34.2. The minimum absolute atomic E-state index is 0.206. The number of rotatable bonds is 42. The summed E-state index contributed by atoms with van der Waals surface area (Å²) in [4.78, 5) is 38.3. The molecule has 0 radical (unpaired) electrons. The van der Waals surface area contributed by atoms with Gasteiger partial charge in [0.05, 0.1) is 44.1 Å². The molecule has 2 aliphatic rings. The standard InChI is InChI=1S/C53H98N2O16/c1-4-6-8-10-12-14-16-18-19-21-23-25-27-29-31-33-44(62)55-39(40(59)32-30-28-26-24-22-20-17-15-13-11-9-7-5-2)37-68-51-48(65)50(47(64)43(36-57)69-51)71-53(52(66)67)34-41(60)45(54-38(3)58)49(70-53)46(63)42(61)35-56/h30,32,39-43,45-51,56-57,59-61,63-65H,4-29,31,33-37H2,1-3H3,(H,54,58)(H,55,62)(H,66,67)/b32-30+/t39-,40+,41-,42+,43+,45+,46+,47-,48+,49+,50-,51+,53-/m0/s1. The number of carboxylic acid groups (broad SMARTS) is 1. The van der Waals surface area contributed by atoms with Gasteiger partial charge in [-0.2, -0.15) is 0 Å². The number of aliphatic hydroxyl groups excluding tert-OH is 8. The van der Waals surface area contributed by atoms with Gasteiger partial charge in [-0.15, -0.1) is 0 Å². The van der Waals surface area contributed by atoms with Crippen LogP contribution in [0.15, 0.2) is 12.2 Å². The van der Waals surface area contributed by atoms with Crippen molar-refractivity contribution in [1.29, 1.82) is 0 Å². The minimum Gasteiger partial charge on any atom is -0.477 e. The molecule has 0 saturated carbocycles. The Balaban J connectivity index is 2.10. The van der Waals surface area contributed by atoms with Gasteiger partial charge in [0.1, 0.15) is 42.7 Å². The first-order valence-electron chi connectivity index (χ1n) is 27.5. The molecule has 0 aromatic carbocycles. The van der Waals surface area contributed by atoms with Crippen molar-refractivity contribution in [3.8, 4) is 0 Å². The largest absolute Gasteiger partial charge is 0.477 e. The second-order valence-corrected chi connectivity index (χ2v) is 20.1. The lowest BCUT2D eigenvalue weighted by atomic mass is 9.88. The Hall–Kier alpha value is -2.33. The van der Waals surface area contributed by atoms with Crippen molar-refractivity contribution in [3.05, 3.63) is 12.2 Å². The highest BCUT2D eigenvalue weighted by Gasteiger charge is 2.59. The van der Waals surface area contributed by atoms with Crippen LogP contribution in [0.1, 0.15) is 207 Å². The van der Waals surface area contributed by atoms with Gasteiger partial charge >= 0.3 is 5.97 Å². The van der Waals surface area contributed by atoms with Gasteiger partial charge in [0.25, 0.3) is 5.79 Å². The number of carboxylic acids is 1. The fraction of sp³-hybridized carbons (Fsp3) is 0.906. The van der Waals surface area contributed by atoms with Crippen LogP contribution >= 0.6 is 0 Å². The molecule has 2 fully saturated rings. The lowest BCUT2D eigenvalue weighted by molar-refractivity contribution is -0.370. The summed E-state index contributed by atoms with van der Waals surface area (Å²) in [6.07, 6.45) is 16.3. The van der Waals surface area contributed by atoms with E-state index in [0.717, 1.165) is 45.4 Å². The molecule has 2 rings (SSSR count). The summed E-state index contributed by atoms with van der Waals surface area (Å²) in [5.41, 5.74) is 0. The van der Waals surface area contributed by atoms with Gasteiger partial charge in [-0.05, 0) is 19.3 Å². The molecule has 416 valence electrons. The zero-order valence-corrected chi connectivity index (χ0v) is 43.6. The third-order valence-corrected chi connectivity index (χ3v) is 13.8. The Kier molecular flexibility index (Phi) is 34.9. The SMILES string of the molecule is CCCCCCCCCCCCC/C=C/[C@@H](O)[C@H](CO[C@@H]1O[C@H](CO)[C@H](O)[C@H](O[C@]2(C(=O)O)C[C@H](O)[C@@H](NC(C)=O)[C@H]([C@H](O)[C@H](O)CO)O2)[C@H]1O)NC(=O)CCCCCCCCCCCCCCCCC. The van der Waals surface area contributed by atoms with Gasteiger partial charge in [-0.1, -0.05) is 180 Å². The van der Waals surface area contributed by atoms with Crippen LogP contribution < -0.4 is 10.6 Å². The van der Waals surface area contributed by atoms with Crippen molar-refractivity contribution >= 4 is 17.8 Å². The highest BCUT2D eigenvalue weighted by Crippen LogP contribution is 2.37. The topological polar surface area (TPSA) is 294 Å². The maximum absolute atomic E-state index is 13.3. The van der Waals surface area contributed by atoms with Gasteiger partial charge in [-0.25, -0.2) is 4.79 Å². The molecule has 0 bridgehead atoms. The summed E-state index contributed by atoms with van der Waals surface area (Å²) in [7, 11) is 0. The van der Waals surface area contributed by atoms with E-state index >= 15 is 0 Å². The predicted octanol–water partition coefficient (Wildman–Crippen LogP) is 5.34. The molecule has 0 unspecified atom stereocenters. The van der Waals surface area contributed by atoms with Crippen LogP contribution in [0.25, 0.3) is 0 Å². The number of hydrogen-bond donors (Lipinski definition) is 11. The van der Waals surface area contributed by atoms with Crippen LogP contribution in [-0.2, 0) is 33.3 Å². The maximum Gasteiger partial charge on any atom is 0.364 e. The van der Waals surface area contributed by atoms with Gasteiger partial charge in [0, 0.05) is 19.8 Å². The Bertz CT molecular complexity index is 1430. The molecular weight excluding hydrogens is 921 g/mol. The number of hydrogen-bond acceptors (Lipinski definition) is 15. The summed E-state index contributed by atoms with van der Waals surface area (Å²) >= 11 is 0. The quantitative estimate of drug-likeness (QED) is 0.0272. The zero-order valence-electron chi connectivity index (χ0n) is 43.6. The van der Waals surface area contributed by atoms with Crippen LogP contribution in [0.3, 0.4) is 0 Å². The zero-order chi connectivity index (χ0) is 52.4. The van der Waals surface area contributed by atoms with E-state index in [1.165, 1.54) is 122 Å². The summed E-state index contributed by atoms with van der Waals surface area (Å²) in [5.74, 6) is -5.87. The van der Waals surface area contributed by atoms with Crippen LogP contribution in [0.5, 0.6) is 0 Å². The van der Waals surface area contributed by atoms with Gasteiger partial charge in [0.2, 0.25) is 11.8 Å². The number of amides is 2. The van der Waals surface area contributed by atoms with Crippen molar-refractivity contribution in [1.82, 2.24) is 10.6 Å². The molecule has 0 spiro atoms. The number of nitrogens with one attached hydrogen (secondary N) is 2. The molecule has 18 heteroatoms. The molecule has 0 aliphatic carbocycles. The molecule has 0 aromatic heterocycles. The number of allylic oxidation sites excluding steroid dienone is 1. The summed E-state index contributed by atoms with van der Waals surface area (Å²) < 4.78 is 23.1. The molecule has 2 aliphatic heterocycles. The smallest absolute Gasteiger partial charge is 0.364 e. The van der Waals surface area contributed by atoms with E-state index in [9.17, 15) is 60.3 Å². The number of carbonyl (C=O) groups is 3. The fourth-order valence-corrected chi connectivity index (χ4v) is 9.45. The third kappa shape index (κ3) is 25.2. The van der Waals surface area contributed by atoms with Crippen LogP contribution in [0.4, 0.5) is 0 Å². The highest BCUT2D eigenvalue weighted by atomic mass is 16.8. The Labute approximate surface area is 424 Å². The van der Waals surface area contributed by atoms with E-state index in [1.807, 2.05) is 6.08 Å². The molecule has 11 N–H and O–H groups in total. The van der Waals surface area contributed by atoms with Gasteiger partial charge in [-0.3, -0.25) is 9.59 Å². The molecule has 71 heavy (non-hydrogen) atoms. The molecule has 2 amide bonds. The first-order valence-corrected chi connectivity index (χ1v) is 27.5. The molecule has 13 atom stereocenters. The first kappa shape index (κ1) is 64.8. The maximum atomic E-state index is 13.3. The second-order valence-electron chi connectivity index (χ2n) is 20.1. The highest BCUT2D eigenvalue weighted by molar-refractivity contribution is 5.77. The van der Waals surface area contributed by atoms with Crippen molar-refractivity contribution in [3.63, 3.8) is 0 Å². The Morgan fingerprint density at radius 1 is 0.718 bits per heavy atom. The second kappa shape index (κ2) is 38.3. The fourth-order valence-electron chi connectivity index (χ4n) is 9.45. The van der Waals surface area contributed by atoms with Crippen LogP contribution in [0.2, 0.25) is 0 Å². The van der Waals surface area contributed by atoms with Gasteiger partial charge in [0.15, 0.2) is 6.29 Å². The van der Waals surface area contributed by atoms with E-state index in [2.05, 4.69) is 24.5 Å². The molecule has 2 heterocycles. The van der Waals surface area contributed by atoms with E-state index in [0.29, 0.717) is 12.8 Å². The number of carbonyl (C=O) groups excluding carboxylic acids is 2. The number of aliphatic carboxylic acids is 1. The van der Waals surface area contributed by atoms with Crippen molar-refractivity contribution in [2.45, 2.75) is 286 Å². The van der Waals surface area contributed by atoms with E-state index in [1.54, 1.807) is 6.08 Å². The van der Waals surface area contributed by atoms with E-state index < -0.39 is 117 Å². The summed E-state index contributed by atoms with van der Waals surface area (Å²) in [6.45, 7) is 3.23. The number of unbranched alkanes of at least 4 members (excludes halogenated alkanes) is 25. The van der Waals surface area contributed by atoms with Crippen LogP contribution in [-0.4, -0.2) is 163 Å². The lowest BCUT2D eigenvalue weighted by Crippen LogP contribution is -2.70. The molecule has 18 nitrogen and oxygen atoms in total. The summed E-state index contributed by atoms with van der Waals surface area (Å²) in [6, 6.07) is -2.55. The summed E-state index contributed by atoms with van der Waals surface area (Å²) in [5, 5.41) is 102. The third-order valence-electron chi connectivity index (χ3n) is 13.8. The molecule has 0 aromatic rings.